The van der Waals surface area contributed by atoms with Crippen LogP contribution in [0, 0.1) is 6.92 Å². The van der Waals surface area contributed by atoms with Gasteiger partial charge in [0.2, 0.25) is 5.90 Å². The van der Waals surface area contributed by atoms with Gasteiger partial charge >= 0.3 is 0 Å². The van der Waals surface area contributed by atoms with Crippen LogP contribution in [-0.2, 0) is 0 Å². The number of benzene rings is 6. The minimum absolute atomic E-state index is 0.0205. The minimum atomic E-state index is -0.578. The fourth-order valence-electron chi connectivity index (χ4n) is 4.96. The second kappa shape index (κ2) is 14.8. The van der Waals surface area contributed by atoms with Gasteiger partial charge in [0.05, 0.1) is 32.0 Å². The number of aromatic hydroxyl groups is 1. The highest BCUT2D eigenvalue weighted by Gasteiger charge is 2.19. The molecule has 0 atom stereocenters. The van der Waals surface area contributed by atoms with Gasteiger partial charge in [-0.15, -0.1) is 5.11 Å². The van der Waals surface area contributed by atoms with Crippen molar-refractivity contribution >= 4 is 91.7 Å². The van der Waals surface area contributed by atoms with Crippen LogP contribution in [-0.4, -0.2) is 27.9 Å². The molecule has 0 spiro atoms. The molecule has 50 heavy (non-hydrogen) atoms. The maximum Gasteiger partial charge on any atom is 0.259 e. The van der Waals surface area contributed by atoms with E-state index in [0.29, 0.717) is 39.0 Å². The molecule has 0 aromatic heterocycles. The van der Waals surface area contributed by atoms with Crippen molar-refractivity contribution in [3.8, 4) is 5.75 Å². The maximum absolute atomic E-state index is 13.5. The summed E-state index contributed by atoms with van der Waals surface area (Å²) in [6, 6.07) is 32.0. The zero-order valence-electron chi connectivity index (χ0n) is 26.2. The summed E-state index contributed by atoms with van der Waals surface area (Å²) in [7, 11) is 0. The quantitative estimate of drug-likeness (QED) is 0.0538. The first-order valence-electron chi connectivity index (χ1n) is 15.0. The smallest absolute Gasteiger partial charge is 0.259 e. The average molecular weight is 723 g/mol. The third-order valence-corrected chi connectivity index (χ3v) is 8.64. The summed E-state index contributed by atoms with van der Waals surface area (Å²) in [5.74, 6) is -1.55. The van der Waals surface area contributed by atoms with Crippen molar-refractivity contribution in [1.82, 2.24) is 0 Å². The fourth-order valence-corrected chi connectivity index (χ4v) is 5.54. The number of nitrogens with zero attached hydrogens (tertiary/aromatic N) is 3. The van der Waals surface area contributed by atoms with Crippen LogP contribution in [0.2, 0.25) is 15.1 Å². The molecule has 0 aliphatic rings. The molecule has 248 valence electrons. The fraction of sp³-hybridized carbons (Fsp3) is 0.0263. The van der Waals surface area contributed by atoms with Gasteiger partial charge in [-0.05, 0) is 84.6 Å². The maximum atomic E-state index is 13.5. The van der Waals surface area contributed by atoms with Gasteiger partial charge in [-0.3, -0.25) is 9.59 Å². The van der Waals surface area contributed by atoms with Crippen molar-refractivity contribution in [3.05, 3.63) is 153 Å². The lowest BCUT2D eigenvalue weighted by Gasteiger charge is -2.12. The number of hydrogen-bond donors (Lipinski definition) is 4. The molecule has 0 aliphatic heterocycles. The third kappa shape index (κ3) is 7.61. The topological polar surface area (TPSA) is 136 Å². The Morgan fingerprint density at radius 3 is 2.00 bits per heavy atom. The molecule has 0 bridgehead atoms. The number of halogens is 3. The first-order chi connectivity index (χ1) is 24.1. The van der Waals surface area contributed by atoms with Crippen molar-refractivity contribution in [2.24, 2.45) is 15.2 Å². The van der Waals surface area contributed by atoms with Crippen LogP contribution >= 0.6 is 34.8 Å². The number of phenolic OH excluding ortho intramolecular Hbond substituents is 1. The Morgan fingerprint density at radius 2 is 1.28 bits per heavy atom. The molecule has 6 rings (SSSR count). The number of aliphatic hydroxyl groups excluding tert-OH is 1. The van der Waals surface area contributed by atoms with Gasteiger partial charge < -0.3 is 20.8 Å². The predicted octanol–water partition coefficient (Wildman–Crippen LogP) is 11.4. The lowest BCUT2D eigenvalue weighted by molar-refractivity contribution is 0.101. The van der Waals surface area contributed by atoms with E-state index in [0.717, 1.165) is 5.56 Å². The van der Waals surface area contributed by atoms with Gasteiger partial charge in [0.15, 0.2) is 5.75 Å². The number of aliphatic imine (C=N–C) groups is 1. The van der Waals surface area contributed by atoms with Crippen molar-refractivity contribution in [2.75, 3.05) is 10.6 Å². The molecule has 9 nitrogen and oxygen atoms in total. The molecule has 12 heteroatoms. The number of rotatable bonds is 8. The Balaban J connectivity index is 1.26. The minimum Gasteiger partial charge on any atom is -0.505 e. The number of fused-ring (bicyclic) bond motifs is 1. The van der Waals surface area contributed by atoms with E-state index in [1.165, 1.54) is 12.1 Å². The standard InChI is InChI=1S/C38H26Cl3N5O4/c1-21-11-12-24(37(49)44-33-20-30(40)29(39)19-31(33)41)18-32(21)45-46-34-27-10-6-5-9-23(27)17-28(35(34)47)38(50)43-26-15-13-25(14-16-26)42-36(48)22-7-3-2-4-8-22/h2-20,47H,1H3,(H,42,48)(H,43,50)(H,44,49). The number of aryl methyl sites for hydroxylation is 1. The highest BCUT2D eigenvalue weighted by Crippen LogP contribution is 2.40. The molecule has 6 aromatic carbocycles. The third-order valence-electron chi connectivity index (χ3n) is 7.62. The van der Waals surface area contributed by atoms with Crippen LogP contribution in [0.15, 0.2) is 130 Å². The van der Waals surface area contributed by atoms with E-state index in [1.807, 2.05) is 13.0 Å². The number of phenols is 1. The Hall–Kier alpha value is -5.74. The number of anilines is 2. The number of amides is 2. The Labute approximate surface area is 301 Å². The lowest BCUT2D eigenvalue weighted by atomic mass is 10.0. The van der Waals surface area contributed by atoms with Crippen LogP contribution in [0.4, 0.5) is 28.4 Å². The van der Waals surface area contributed by atoms with E-state index in [4.69, 9.17) is 34.8 Å². The molecule has 0 saturated heterocycles. The van der Waals surface area contributed by atoms with Crippen molar-refractivity contribution < 1.29 is 19.8 Å². The summed E-state index contributed by atoms with van der Waals surface area (Å²) >= 11 is 18.3. The largest absolute Gasteiger partial charge is 0.505 e. The van der Waals surface area contributed by atoms with E-state index in [9.17, 15) is 19.8 Å². The molecule has 0 saturated carbocycles. The van der Waals surface area contributed by atoms with Crippen molar-refractivity contribution in [3.63, 3.8) is 0 Å². The highest BCUT2D eigenvalue weighted by molar-refractivity contribution is 6.44. The summed E-state index contributed by atoms with van der Waals surface area (Å²) in [5.41, 5.74) is 3.21. The van der Waals surface area contributed by atoms with E-state index < -0.39 is 5.91 Å². The zero-order valence-corrected chi connectivity index (χ0v) is 28.4. The predicted molar refractivity (Wildman–Crippen MR) is 200 cm³/mol. The number of hydrogen-bond acceptors (Lipinski definition) is 6. The van der Waals surface area contributed by atoms with Crippen LogP contribution < -0.4 is 10.6 Å². The van der Waals surface area contributed by atoms with Gasteiger partial charge in [0.1, 0.15) is 5.69 Å². The molecular weight excluding hydrogens is 697 g/mol. The van der Waals surface area contributed by atoms with Gasteiger partial charge in [0, 0.05) is 27.9 Å². The number of carbonyl (C=O) groups excluding carboxylic acids is 2. The van der Waals surface area contributed by atoms with Crippen molar-refractivity contribution in [2.45, 2.75) is 6.92 Å². The molecule has 0 fully saturated rings. The highest BCUT2D eigenvalue weighted by atomic mass is 35.5. The van der Waals surface area contributed by atoms with E-state index in [1.54, 1.807) is 97.1 Å². The van der Waals surface area contributed by atoms with Gasteiger partial charge in [-0.25, -0.2) is 4.99 Å². The van der Waals surface area contributed by atoms with Crippen LogP contribution in [0.1, 0.15) is 31.8 Å². The molecular formula is C38H26Cl3N5O4. The second-order valence-corrected chi connectivity index (χ2v) is 12.3. The second-order valence-electron chi connectivity index (χ2n) is 11.0. The molecule has 2 amide bonds. The molecule has 4 N–H and O–H groups in total. The Kier molecular flexibility index (Phi) is 10.1. The monoisotopic (exact) mass is 721 g/mol. The van der Waals surface area contributed by atoms with Crippen LogP contribution in [0.25, 0.3) is 10.8 Å². The van der Waals surface area contributed by atoms with E-state index in [2.05, 4.69) is 25.9 Å². The summed E-state index contributed by atoms with van der Waals surface area (Å²) in [6.07, 6.45) is 0. The van der Waals surface area contributed by atoms with Crippen LogP contribution in [0.3, 0.4) is 0 Å². The van der Waals surface area contributed by atoms with Gasteiger partial charge in [-0.2, -0.15) is 5.11 Å². The molecule has 0 aliphatic carbocycles. The first kappa shape index (κ1) is 34.1. The summed E-state index contributed by atoms with van der Waals surface area (Å²) in [4.78, 5) is 30.1. The Morgan fingerprint density at radius 1 is 0.640 bits per heavy atom. The zero-order chi connectivity index (χ0) is 35.4. The number of azo groups is 1. The van der Waals surface area contributed by atoms with Gasteiger partial charge in [0.25, 0.3) is 11.8 Å². The molecule has 6 aromatic rings. The summed E-state index contributed by atoms with van der Waals surface area (Å²) in [5, 5.41) is 38.4. The number of aliphatic hydroxyl groups is 1. The van der Waals surface area contributed by atoms with E-state index >= 15 is 0 Å². The normalized spacial score (nSPS) is 11.6. The summed E-state index contributed by atoms with van der Waals surface area (Å²) < 4.78 is 0. The van der Waals surface area contributed by atoms with Crippen LogP contribution in [0.5, 0.6) is 5.75 Å². The summed E-state index contributed by atoms with van der Waals surface area (Å²) in [6.45, 7) is 1.81. The lowest BCUT2D eigenvalue weighted by Crippen LogP contribution is -2.13. The van der Waals surface area contributed by atoms with Gasteiger partial charge in [-0.1, -0.05) is 83.3 Å². The van der Waals surface area contributed by atoms with E-state index in [-0.39, 0.29) is 49.6 Å². The van der Waals surface area contributed by atoms with Crippen molar-refractivity contribution in [1.29, 1.82) is 0 Å². The molecule has 0 heterocycles. The average Bonchev–Trinajstić information content (AvgIpc) is 3.11. The molecule has 0 unspecified atom stereocenters. The first-order valence-corrected chi connectivity index (χ1v) is 16.2. The number of carbonyl (C=O) groups is 2. The number of nitrogens with one attached hydrogen (secondary N) is 2. The molecule has 0 radical (unpaired) electrons. The SMILES string of the molecule is Cc1ccc(C(O)=Nc2cc(Cl)c(Cl)cc2Cl)cc1N=Nc1c(O)c(C(=O)Nc2ccc(NC(=O)c3ccccc3)cc2)cc2ccccc12. The Bertz CT molecular complexity index is 2330.